The number of hydrogen-bond acceptors (Lipinski definition) is 4. The van der Waals surface area contributed by atoms with Crippen molar-refractivity contribution in [1.29, 1.82) is 0 Å². The van der Waals surface area contributed by atoms with Gasteiger partial charge < -0.3 is 4.74 Å². The van der Waals surface area contributed by atoms with E-state index in [1.54, 1.807) is 0 Å². The van der Waals surface area contributed by atoms with Crippen molar-refractivity contribution < 1.29 is 9.53 Å². The van der Waals surface area contributed by atoms with Crippen LogP contribution in [0.25, 0.3) is 6.08 Å². The summed E-state index contributed by atoms with van der Waals surface area (Å²) in [6.07, 6.45) is 2.76. The van der Waals surface area contributed by atoms with Crippen LogP contribution in [0.3, 0.4) is 0 Å². The van der Waals surface area contributed by atoms with Crippen molar-refractivity contribution in [3.8, 4) is 5.75 Å². The first kappa shape index (κ1) is 24.3. The quantitative estimate of drug-likeness (QED) is 0.291. The van der Waals surface area contributed by atoms with Crippen molar-refractivity contribution in [3.63, 3.8) is 0 Å². The lowest BCUT2D eigenvalue weighted by Gasteiger charge is -2.22. The summed E-state index contributed by atoms with van der Waals surface area (Å²) >= 11 is 4.88. The number of rotatable bonds is 7. The van der Waals surface area contributed by atoms with Gasteiger partial charge >= 0.3 is 0 Å². The Kier molecular flexibility index (Phi) is 7.91. The molecule has 0 N–H and O–H groups in total. The van der Waals surface area contributed by atoms with E-state index in [4.69, 9.17) is 9.73 Å². The zero-order chi connectivity index (χ0) is 24.1. The molecule has 0 saturated carbocycles. The number of benzene rings is 3. The van der Waals surface area contributed by atoms with E-state index in [2.05, 4.69) is 29.8 Å². The van der Waals surface area contributed by atoms with Crippen molar-refractivity contribution in [1.82, 2.24) is 4.90 Å². The maximum absolute atomic E-state index is 13.4. The number of ether oxygens (including phenoxy) is 1. The molecule has 174 valence electrons. The number of amidine groups is 1. The van der Waals surface area contributed by atoms with Crippen LogP contribution in [0.2, 0.25) is 0 Å². The Morgan fingerprint density at radius 2 is 1.76 bits per heavy atom. The lowest BCUT2D eigenvalue weighted by atomic mass is 10.1. The molecule has 0 bridgehead atoms. The Labute approximate surface area is 213 Å². The summed E-state index contributed by atoms with van der Waals surface area (Å²) in [7, 11) is 0. The van der Waals surface area contributed by atoms with Gasteiger partial charge in [0.05, 0.1) is 10.6 Å². The molecule has 0 aliphatic carbocycles. The Balaban J connectivity index is 1.61. The van der Waals surface area contributed by atoms with E-state index in [1.165, 1.54) is 17.3 Å². The van der Waals surface area contributed by atoms with Gasteiger partial charge in [-0.1, -0.05) is 70.9 Å². The molecule has 3 aromatic rings. The molecule has 1 fully saturated rings. The first-order chi connectivity index (χ1) is 16.4. The van der Waals surface area contributed by atoms with Gasteiger partial charge in [-0.25, -0.2) is 4.99 Å². The van der Waals surface area contributed by atoms with Crippen molar-refractivity contribution in [3.05, 3.63) is 98.9 Å². The smallest absolute Gasteiger partial charge is 0.267 e. The lowest BCUT2D eigenvalue weighted by molar-refractivity contribution is -0.123. The molecule has 1 amide bonds. The maximum Gasteiger partial charge on any atom is 0.267 e. The molecule has 1 aliphatic heterocycles. The fraction of sp³-hybridized carbons (Fsp3) is 0.214. The highest BCUT2D eigenvalue weighted by Gasteiger charge is 2.36. The van der Waals surface area contributed by atoms with E-state index in [-0.39, 0.29) is 11.9 Å². The van der Waals surface area contributed by atoms with Gasteiger partial charge in [-0.15, -0.1) is 0 Å². The number of halogens is 1. The molecular formula is C28H27BrN2O2S. The van der Waals surface area contributed by atoms with Crippen molar-refractivity contribution >= 4 is 50.5 Å². The van der Waals surface area contributed by atoms with E-state index in [0.717, 1.165) is 33.5 Å². The standard InChI is InChI=1S/C28H27BrN2O2S/c1-4-20(3)31-27(32)26(34-28(31)30-24-15-9-19(2)10-16-24)17-22-7-5-6-8-25(22)33-18-21-11-13-23(29)14-12-21/h5-17,20H,4,18H2,1-3H3/b26-17+,30-28?/t20-/m1/s1. The van der Waals surface area contributed by atoms with Crippen LogP contribution in [-0.4, -0.2) is 22.0 Å². The number of carbonyl (C=O) groups is 1. The second kappa shape index (κ2) is 11.1. The molecular weight excluding hydrogens is 508 g/mol. The molecule has 0 radical (unpaired) electrons. The molecule has 1 atom stereocenters. The highest BCUT2D eigenvalue weighted by atomic mass is 79.9. The third-order valence-corrected chi connectivity index (χ3v) is 7.15. The number of carbonyl (C=O) groups excluding carboxylic acids is 1. The van der Waals surface area contributed by atoms with Gasteiger partial charge in [0.2, 0.25) is 0 Å². The summed E-state index contributed by atoms with van der Waals surface area (Å²) < 4.78 is 7.15. The van der Waals surface area contributed by atoms with Gasteiger partial charge in [-0.3, -0.25) is 9.69 Å². The molecule has 1 aliphatic rings. The average Bonchev–Trinajstić information content (AvgIpc) is 3.15. The number of nitrogens with zero attached hydrogens (tertiary/aromatic N) is 2. The Morgan fingerprint density at radius 1 is 1.06 bits per heavy atom. The van der Waals surface area contributed by atoms with Gasteiger partial charge in [0.25, 0.3) is 5.91 Å². The Bertz CT molecular complexity index is 1220. The third-order valence-electron chi connectivity index (χ3n) is 5.64. The molecule has 3 aromatic carbocycles. The van der Waals surface area contributed by atoms with Crippen LogP contribution in [0.5, 0.6) is 5.75 Å². The molecule has 0 spiro atoms. The molecule has 4 rings (SSSR count). The zero-order valence-electron chi connectivity index (χ0n) is 19.5. The van der Waals surface area contributed by atoms with E-state index in [1.807, 2.05) is 90.7 Å². The summed E-state index contributed by atoms with van der Waals surface area (Å²) in [5, 5.41) is 0.711. The van der Waals surface area contributed by atoms with Gasteiger partial charge in [0, 0.05) is 16.1 Å². The molecule has 4 nitrogen and oxygen atoms in total. The largest absolute Gasteiger partial charge is 0.488 e. The van der Waals surface area contributed by atoms with Crippen LogP contribution in [0.15, 0.2) is 87.2 Å². The van der Waals surface area contributed by atoms with Crippen molar-refractivity contribution in [2.75, 3.05) is 0 Å². The zero-order valence-corrected chi connectivity index (χ0v) is 21.9. The van der Waals surface area contributed by atoms with Gasteiger partial charge in [-0.05, 0) is 74.0 Å². The second-order valence-electron chi connectivity index (χ2n) is 8.23. The summed E-state index contributed by atoms with van der Waals surface area (Å²) in [4.78, 5) is 20.7. The molecule has 1 saturated heterocycles. The summed E-state index contributed by atoms with van der Waals surface area (Å²) in [5.74, 6) is 0.721. The minimum atomic E-state index is -0.0204. The van der Waals surface area contributed by atoms with Crippen LogP contribution >= 0.6 is 27.7 Å². The van der Waals surface area contributed by atoms with Crippen LogP contribution in [0.1, 0.15) is 37.0 Å². The van der Waals surface area contributed by atoms with Gasteiger partial charge in [0.15, 0.2) is 5.17 Å². The van der Waals surface area contributed by atoms with Crippen LogP contribution in [0.4, 0.5) is 5.69 Å². The normalized spacial score (nSPS) is 16.9. The predicted molar refractivity (Wildman–Crippen MR) is 145 cm³/mol. The summed E-state index contributed by atoms with van der Waals surface area (Å²) in [6, 6.07) is 23.9. The fourth-order valence-electron chi connectivity index (χ4n) is 3.48. The molecule has 6 heteroatoms. The number of para-hydroxylation sites is 1. The van der Waals surface area contributed by atoms with E-state index >= 15 is 0 Å². The summed E-state index contributed by atoms with van der Waals surface area (Å²) in [6.45, 7) is 6.64. The number of amides is 1. The topological polar surface area (TPSA) is 41.9 Å². The monoisotopic (exact) mass is 534 g/mol. The first-order valence-corrected chi connectivity index (χ1v) is 12.9. The number of aliphatic imine (C=N–C) groups is 1. The lowest BCUT2D eigenvalue weighted by Crippen LogP contribution is -2.36. The average molecular weight is 536 g/mol. The fourth-order valence-corrected chi connectivity index (χ4v) is 4.82. The molecule has 1 heterocycles. The first-order valence-electron chi connectivity index (χ1n) is 11.3. The van der Waals surface area contributed by atoms with Crippen molar-refractivity contribution in [2.45, 2.75) is 39.8 Å². The van der Waals surface area contributed by atoms with Gasteiger partial charge in [-0.2, -0.15) is 0 Å². The minimum Gasteiger partial charge on any atom is -0.488 e. The molecule has 0 aromatic heterocycles. The predicted octanol–water partition coefficient (Wildman–Crippen LogP) is 7.74. The Morgan fingerprint density at radius 3 is 2.47 bits per heavy atom. The summed E-state index contributed by atoms with van der Waals surface area (Å²) in [5.41, 5.74) is 3.97. The Hall–Kier alpha value is -2.83. The number of thioether (sulfide) groups is 1. The van der Waals surface area contributed by atoms with Crippen LogP contribution in [0, 0.1) is 6.92 Å². The number of aryl methyl sites for hydroxylation is 1. The molecule has 0 unspecified atom stereocenters. The van der Waals surface area contributed by atoms with E-state index < -0.39 is 0 Å². The van der Waals surface area contributed by atoms with E-state index in [9.17, 15) is 4.79 Å². The van der Waals surface area contributed by atoms with E-state index in [0.29, 0.717) is 16.7 Å². The second-order valence-corrected chi connectivity index (χ2v) is 10.2. The van der Waals surface area contributed by atoms with Crippen LogP contribution < -0.4 is 4.74 Å². The van der Waals surface area contributed by atoms with Crippen molar-refractivity contribution in [2.24, 2.45) is 4.99 Å². The minimum absolute atomic E-state index is 0.0204. The third kappa shape index (κ3) is 5.80. The van der Waals surface area contributed by atoms with Crippen LogP contribution in [-0.2, 0) is 11.4 Å². The molecule has 34 heavy (non-hydrogen) atoms. The highest BCUT2D eigenvalue weighted by Crippen LogP contribution is 2.37. The highest BCUT2D eigenvalue weighted by molar-refractivity contribution is 9.10. The SMILES string of the molecule is CC[C@@H](C)N1C(=O)/C(=C\c2ccccc2OCc2ccc(Br)cc2)SC1=Nc1ccc(C)cc1. The van der Waals surface area contributed by atoms with Gasteiger partial charge in [0.1, 0.15) is 12.4 Å². The maximum atomic E-state index is 13.4. The number of hydrogen-bond donors (Lipinski definition) is 0.